The predicted octanol–water partition coefficient (Wildman–Crippen LogP) is 18.8. The van der Waals surface area contributed by atoms with E-state index in [2.05, 4.69) is 148 Å². The molecule has 0 fully saturated rings. The summed E-state index contributed by atoms with van der Waals surface area (Å²) in [6.07, 6.45) is 86.6. The van der Waals surface area contributed by atoms with Crippen LogP contribution in [0.1, 0.15) is 251 Å². The summed E-state index contributed by atoms with van der Waals surface area (Å²) in [7, 11) is 5.91. The average Bonchev–Trinajstić information content (AvgIpc) is 3.47. The van der Waals surface area contributed by atoms with Gasteiger partial charge in [0.2, 0.25) is 0 Å². The Balaban J connectivity index is 4.28. The highest BCUT2D eigenvalue weighted by atomic mass is 16.7. The highest BCUT2D eigenvalue weighted by Crippen LogP contribution is 2.16. The summed E-state index contributed by atoms with van der Waals surface area (Å²) < 4.78 is 22.7. The molecule has 9 heteroatoms. The van der Waals surface area contributed by atoms with E-state index >= 15 is 0 Å². The monoisotopic (exact) mass is 1140 g/mol. The van der Waals surface area contributed by atoms with Crippen LogP contribution in [0.4, 0.5) is 0 Å². The number of hydrogen-bond acceptors (Lipinski definition) is 8. The smallest absolute Gasteiger partial charge is 0.306 e. The van der Waals surface area contributed by atoms with E-state index in [9.17, 15) is 19.5 Å². The quantitative estimate of drug-likeness (QED) is 0.0195. The number of carbonyl (C=O) groups excluding carboxylic acids is 3. The molecule has 0 aromatic carbocycles. The van der Waals surface area contributed by atoms with Crippen molar-refractivity contribution in [1.29, 1.82) is 0 Å². The number of carbonyl (C=O) groups is 3. The Morgan fingerprint density at radius 1 is 0.378 bits per heavy atom. The van der Waals surface area contributed by atoms with E-state index in [4.69, 9.17) is 18.9 Å². The topological polar surface area (TPSA) is 111 Å². The molecule has 0 aliphatic rings. The Labute approximate surface area is 503 Å². The van der Waals surface area contributed by atoms with Crippen molar-refractivity contribution in [3.05, 3.63) is 134 Å². The Morgan fingerprint density at radius 3 is 1.04 bits per heavy atom. The number of ether oxygens (including phenoxy) is 4. The number of rotatable bonds is 59. The maximum Gasteiger partial charge on any atom is 0.306 e. The van der Waals surface area contributed by atoms with Crippen molar-refractivity contribution in [1.82, 2.24) is 0 Å². The molecule has 0 radical (unpaired) electrons. The second kappa shape index (κ2) is 62.5. The molecule has 0 N–H and O–H groups in total. The van der Waals surface area contributed by atoms with E-state index in [0.717, 1.165) is 109 Å². The Hall–Kier alpha value is -4.57. The van der Waals surface area contributed by atoms with Gasteiger partial charge in [0.25, 0.3) is 0 Å². The molecule has 0 aliphatic heterocycles. The lowest BCUT2D eigenvalue weighted by Gasteiger charge is -2.26. The Morgan fingerprint density at radius 2 is 0.695 bits per heavy atom. The van der Waals surface area contributed by atoms with E-state index < -0.39 is 24.3 Å². The fraction of sp³-hybridized carbons (Fsp3) is 0.658. The van der Waals surface area contributed by atoms with Gasteiger partial charge in [-0.3, -0.25) is 9.59 Å². The number of aliphatic carboxylic acids is 1. The van der Waals surface area contributed by atoms with Gasteiger partial charge in [0, 0.05) is 12.8 Å². The van der Waals surface area contributed by atoms with E-state index in [1.165, 1.54) is 109 Å². The van der Waals surface area contributed by atoms with Crippen molar-refractivity contribution in [2.45, 2.75) is 264 Å². The number of hydrogen-bond donors (Lipinski definition) is 0. The van der Waals surface area contributed by atoms with Gasteiger partial charge < -0.3 is 33.3 Å². The predicted molar refractivity (Wildman–Crippen MR) is 347 cm³/mol. The average molecular weight is 1140 g/mol. The minimum Gasteiger partial charge on any atom is -0.545 e. The molecule has 2 unspecified atom stereocenters. The summed E-state index contributed by atoms with van der Waals surface area (Å²) >= 11 is 0. The number of quaternary nitrogens is 1. The lowest BCUT2D eigenvalue weighted by Crippen LogP contribution is -2.44. The lowest BCUT2D eigenvalue weighted by molar-refractivity contribution is -0.870. The third-order valence-electron chi connectivity index (χ3n) is 13.7. The molecule has 82 heavy (non-hydrogen) atoms. The van der Waals surface area contributed by atoms with Gasteiger partial charge >= 0.3 is 11.9 Å². The van der Waals surface area contributed by atoms with Crippen molar-refractivity contribution >= 4 is 17.9 Å². The van der Waals surface area contributed by atoms with Gasteiger partial charge in [-0.05, 0) is 96.3 Å². The SMILES string of the molecule is CC/C=C\C/C=C\C/C=C\C/C=C\C/C=C\C/C=C\C/C=C\C/C=C\C/C=C\C/C=C\C/C=C\CCCCCC(=O)OC(COC(=O)CCCCCCCCCCCCCCCCCCCCCC)COC(OCC[N+](C)(C)C)C(=O)[O-]. The number of unbranched alkanes of at least 4 members (excludes halogenated alkanes) is 22. The van der Waals surface area contributed by atoms with Crippen LogP contribution in [0.25, 0.3) is 0 Å². The number of carboxylic acids is 1. The maximum absolute atomic E-state index is 12.9. The molecule has 0 bridgehead atoms. The first-order valence-electron chi connectivity index (χ1n) is 32.8. The highest BCUT2D eigenvalue weighted by molar-refractivity contribution is 5.70. The molecule has 2 atom stereocenters. The van der Waals surface area contributed by atoms with Crippen LogP contribution in [0.15, 0.2) is 134 Å². The molecular weight excluding hydrogens is 1020 g/mol. The van der Waals surface area contributed by atoms with Gasteiger partial charge in [-0.15, -0.1) is 0 Å². The minimum absolute atomic E-state index is 0.135. The van der Waals surface area contributed by atoms with Crippen LogP contribution in [0, 0.1) is 0 Å². The number of allylic oxidation sites excluding steroid dienone is 22. The zero-order valence-corrected chi connectivity index (χ0v) is 53.1. The first kappa shape index (κ1) is 77.4. The van der Waals surface area contributed by atoms with E-state index in [-0.39, 0.29) is 38.6 Å². The lowest BCUT2D eigenvalue weighted by atomic mass is 10.0. The molecule has 0 saturated carbocycles. The molecule has 0 aliphatic carbocycles. The van der Waals surface area contributed by atoms with Gasteiger partial charge in [0.15, 0.2) is 12.4 Å². The molecule has 466 valence electrons. The molecule has 0 aromatic heterocycles. The molecule has 0 aromatic rings. The molecular formula is C73H121NO8. The van der Waals surface area contributed by atoms with Crippen molar-refractivity contribution in [2.75, 3.05) is 47.5 Å². The summed E-state index contributed by atoms with van der Waals surface area (Å²) in [5.41, 5.74) is 0. The standard InChI is InChI=1S/C73H121NO8/c1-6-8-10-12-14-16-18-20-22-24-26-28-29-30-31-32-33-34-35-36-37-38-39-40-41-42-43-44-46-48-50-52-54-56-58-60-62-64-71(76)82-69(68-81-73(72(77)78)79-66-65-74(3,4)5)67-80-70(75)63-61-59-57-55-53-51-49-47-45-27-25-23-21-19-17-15-13-11-9-7-2/h8,10,14,16,20,22,26,28,30-31,33-34,36-37,39-40,42-43,46,48,52,54,69,73H,6-7,9,11-13,15,17-19,21,23-25,27,29,32,35,38,41,44-45,47,49-51,53,55-68H2,1-5H3/b10-8-,16-14-,22-20-,28-26-,31-30-,34-33-,37-36-,40-39-,43-42-,48-46-,54-52-. The minimum atomic E-state index is -1.64. The fourth-order valence-electron chi connectivity index (χ4n) is 8.66. The second-order valence-corrected chi connectivity index (χ2v) is 22.7. The molecule has 9 nitrogen and oxygen atoms in total. The van der Waals surface area contributed by atoms with Crippen LogP contribution < -0.4 is 5.11 Å². The van der Waals surface area contributed by atoms with Crippen LogP contribution in [-0.4, -0.2) is 82.3 Å². The first-order valence-corrected chi connectivity index (χ1v) is 32.8. The van der Waals surface area contributed by atoms with Crippen molar-refractivity contribution < 1.29 is 42.9 Å². The normalized spacial score (nSPS) is 13.6. The van der Waals surface area contributed by atoms with Crippen LogP contribution >= 0.6 is 0 Å². The second-order valence-electron chi connectivity index (χ2n) is 22.7. The molecule has 0 amide bonds. The van der Waals surface area contributed by atoms with Gasteiger partial charge in [-0.1, -0.05) is 276 Å². The summed E-state index contributed by atoms with van der Waals surface area (Å²) in [6.45, 7) is 4.60. The van der Waals surface area contributed by atoms with Gasteiger partial charge in [-0.2, -0.15) is 0 Å². The fourth-order valence-corrected chi connectivity index (χ4v) is 8.66. The van der Waals surface area contributed by atoms with Crippen LogP contribution in [0.5, 0.6) is 0 Å². The van der Waals surface area contributed by atoms with E-state index in [1.54, 1.807) is 0 Å². The van der Waals surface area contributed by atoms with Gasteiger partial charge in [-0.25, -0.2) is 0 Å². The summed E-state index contributed by atoms with van der Waals surface area (Å²) in [6, 6.07) is 0. The van der Waals surface area contributed by atoms with Crippen molar-refractivity contribution in [3.63, 3.8) is 0 Å². The van der Waals surface area contributed by atoms with E-state index in [1.807, 2.05) is 21.1 Å². The van der Waals surface area contributed by atoms with Crippen LogP contribution in [0.3, 0.4) is 0 Å². The summed E-state index contributed by atoms with van der Waals surface area (Å²) in [4.78, 5) is 37.4. The number of carboxylic acid groups (broad SMARTS) is 1. The first-order chi connectivity index (χ1) is 40.1. The third-order valence-corrected chi connectivity index (χ3v) is 13.7. The summed E-state index contributed by atoms with van der Waals surface area (Å²) in [5, 5.41) is 11.8. The molecule has 0 saturated heterocycles. The van der Waals surface area contributed by atoms with Crippen molar-refractivity contribution in [2.24, 2.45) is 0 Å². The highest BCUT2D eigenvalue weighted by Gasteiger charge is 2.22. The van der Waals surface area contributed by atoms with Crippen molar-refractivity contribution in [3.8, 4) is 0 Å². The van der Waals surface area contributed by atoms with Crippen LogP contribution in [-0.2, 0) is 33.3 Å². The zero-order chi connectivity index (χ0) is 59.8. The Kier molecular flexibility index (Phi) is 59.0. The molecule has 0 rings (SSSR count). The van der Waals surface area contributed by atoms with E-state index in [0.29, 0.717) is 17.4 Å². The summed E-state index contributed by atoms with van der Waals surface area (Å²) in [5.74, 6) is -2.33. The third kappa shape index (κ3) is 63.0. The zero-order valence-electron chi connectivity index (χ0n) is 53.1. The van der Waals surface area contributed by atoms with Crippen LogP contribution in [0.2, 0.25) is 0 Å². The molecule has 0 spiro atoms. The van der Waals surface area contributed by atoms with Gasteiger partial charge in [0.05, 0.1) is 40.3 Å². The Bertz CT molecular complexity index is 1810. The molecule has 0 heterocycles. The number of likely N-dealkylation sites (N-methyl/N-ethyl adjacent to an activating group) is 1. The maximum atomic E-state index is 12.9. The largest absolute Gasteiger partial charge is 0.545 e. The number of nitrogens with zero attached hydrogens (tertiary/aromatic N) is 1. The number of esters is 2. The van der Waals surface area contributed by atoms with Gasteiger partial charge in [0.1, 0.15) is 13.2 Å².